The summed E-state index contributed by atoms with van der Waals surface area (Å²) < 4.78 is 26.4. The number of carbonyl (C=O) groups is 1. The van der Waals surface area contributed by atoms with Crippen molar-refractivity contribution in [2.75, 3.05) is 0 Å². The van der Waals surface area contributed by atoms with Gasteiger partial charge in [-0.1, -0.05) is 0 Å². The zero-order chi connectivity index (χ0) is 13.4. The second kappa shape index (κ2) is 4.26. The van der Waals surface area contributed by atoms with Gasteiger partial charge in [0, 0.05) is 25.2 Å². The Balaban J connectivity index is 2.42. The molecule has 0 atom stereocenters. The fourth-order valence-corrected chi connectivity index (χ4v) is 2.47. The van der Waals surface area contributed by atoms with Gasteiger partial charge in [-0.2, -0.15) is 0 Å². The molecular formula is C12H14F2N2O2. The molecule has 98 valence electrons. The second-order valence-corrected chi connectivity index (χ2v) is 4.73. The van der Waals surface area contributed by atoms with E-state index in [1.165, 1.54) is 12.4 Å². The molecule has 0 amide bonds. The molecular weight excluding hydrogens is 242 g/mol. The molecule has 0 aromatic carbocycles. The average Bonchev–Trinajstić information content (AvgIpc) is 2.30. The summed E-state index contributed by atoms with van der Waals surface area (Å²) in [5.41, 5.74) is -0.516. The molecule has 1 saturated carbocycles. The fraction of sp³-hybridized carbons (Fsp3) is 0.583. The maximum atomic E-state index is 13.2. The Morgan fingerprint density at radius 2 is 1.78 bits per heavy atom. The number of nitrogens with zero attached hydrogens (tertiary/aromatic N) is 2. The van der Waals surface area contributed by atoms with E-state index in [9.17, 15) is 18.7 Å². The van der Waals surface area contributed by atoms with E-state index < -0.39 is 30.1 Å². The van der Waals surface area contributed by atoms with Crippen molar-refractivity contribution < 1.29 is 18.7 Å². The first-order valence-corrected chi connectivity index (χ1v) is 5.77. The molecule has 1 aromatic heterocycles. The monoisotopic (exact) mass is 256 g/mol. The van der Waals surface area contributed by atoms with Gasteiger partial charge in [-0.15, -0.1) is 0 Å². The quantitative estimate of drug-likeness (QED) is 0.882. The molecule has 18 heavy (non-hydrogen) atoms. The Kier molecular flexibility index (Phi) is 3.04. The lowest BCUT2D eigenvalue weighted by Crippen LogP contribution is -2.44. The molecule has 1 heterocycles. The molecule has 1 fully saturated rings. The van der Waals surface area contributed by atoms with E-state index in [4.69, 9.17) is 0 Å². The van der Waals surface area contributed by atoms with Crippen LogP contribution < -0.4 is 0 Å². The van der Waals surface area contributed by atoms with Crippen molar-refractivity contribution in [2.24, 2.45) is 0 Å². The highest BCUT2D eigenvalue weighted by atomic mass is 19.3. The lowest BCUT2D eigenvalue weighted by molar-refractivity contribution is -0.149. The Bertz CT molecular complexity index is 467. The van der Waals surface area contributed by atoms with Gasteiger partial charge in [0.2, 0.25) is 5.92 Å². The minimum absolute atomic E-state index is 0.102. The van der Waals surface area contributed by atoms with Crippen LogP contribution in [0.5, 0.6) is 0 Å². The topological polar surface area (TPSA) is 63.1 Å². The first kappa shape index (κ1) is 12.9. The number of halogens is 2. The molecule has 2 rings (SSSR count). The third-order valence-electron chi connectivity index (χ3n) is 3.58. The van der Waals surface area contributed by atoms with Crippen LogP contribution in [0.15, 0.2) is 12.4 Å². The van der Waals surface area contributed by atoms with Gasteiger partial charge in [-0.3, -0.25) is 14.8 Å². The lowest BCUT2D eigenvalue weighted by atomic mass is 9.70. The summed E-state index contributed by atoms with van der Waals surface area (Å²) in [6.07, 6.45) is 1.82. The van der Waals surface area contributed by atoms with Gasteiger partial charge in [-0.05, 0) is 19.8 Å². The molecule has 0 unspecified atom stereocenters. The number of aliphatic carboxylic acids is 1. The molecule has 0 spiro atoms. The van der Waals surface area contributed by atoms with E-state index in [-0.39, 0.29) is 12.8 Å². The highest BCUT2D eigenvalue weighted by molar-refractivity contribution is 5.81. The van der Waals surface area contributed by atoms with Crippen molar-refractivity contribution in [3.8, 4) is 0 Å². The van der Waals surface area contributed by atoms with Crippen LogP contribution in [-0.2, 0) is 10.2 Å². The minimum atomic E-state index is -2.77. The van der Waals surface area contributed by atoms with Gasteiger partial charge in [0.1, 0.15) is 5.41 Å². The van der Waals surface area contributed by atoms with E-state index in [0.29, 0.717) is 11.4 Å². The molecule has 4 nitrogen and oxygen atoms in total. The number of aromatic nitrogens is 2. The smallest absolute Gasteiger partial charge is 0.315 e. The Morgan fingerprint density at radius 3 is 2.28 bits per heavy atom. The van der Waals surface area contributed by atoms with Gasteiger partial charge >= 0.3 is 5.97 Å². The van der Waals surface area contributed by atoms with E-state index in [1.54, 1.807) is 6.92 Å². The minimum Gasteiger partial charge on any atom is -0.481 e. The van der Waals surface area contributed by atoms with Crippen LogP contribution in [0.1, 0.15) is 37.1 Å². The van der Waals surface area contributed by atoms with Crippen molar-refractivity contribution in [3.05, 3.63) is 23.8 Å². The molecule has 1 aliphatic carbocycles. The van der Waals surface area contributed by atoms with Crippen LogP contribution in [-0.4, -0.2) is 27.0 Å². The van der Waals surface area contributed by atoms with Crippen LogP contribution in [0, 0.1) is 6.92 Å². The standard InChI is InChI=1S/C12H14F2N2O2/c1-8-9(16-7-6-15-8)11(10(17)18)2-4-12(13,14)5-3-11/h6-7H,2-5H2,1H3,(H,17,18). The van der Waals surface area contributed by atoms with Crippen LogP contribution in [0.25, 0.3) is 0 Å². The molecule has 1 aliphatic rings. The fourth-order valence-electron chi connectivity index (χ4n) is 2.47. The van der Waals surface area contributed by atoms with Crippen molar-refractivity contribution in [3.63, 3.8) is 0 Å². The third kappa shape index (κ3) is 2.07. The van der Waals surface area contributed by atoms with E-state index in [2.05, 4.69) is 9.97 Å². The summed E-state index contributed by atoms with van der Waals surface area (Å²) in [6, 6.07) is 0. The summed E-state index contributed by atoms with van der Waals surface area (Å²) >= 11 is 0. The summed E-state index contributed by atoms with van der Waals surface area (Å²) in [5.74, 6) is -3.86. The summed E-state index contributed by atoms with van der Waals surface area (Å²) in [4.78, 5) is 19.6. The molecule has 6 heteroatoms. The van der Waals surface area contributed by atoms with Gasteiger partial charge in [-0.25, -0.2) is 8.78 Å². The van der Waals surface area contributed by atoms with Crippen LogP contribution >= 0.6 is 0 Å². The molecule has 0 aliphatic heterocycles. The SMILES string of the molecule is Cc1nccnc1C1(C(=O)O)CCC(F)(F)CC1. The summed E-state index contributed by atoms with van der Waals surface area (Å²) in [7, 11) is 0. The number of aryl methyl sites for hydroxylation is 1. The molecule has 1 N–H and O–H groups in total. The first-order valence-electron chi connectivity index (χ1n) is 5.77. The van der Waals surface area contributed by atoms with E-state index in [0.717, 1.165) is 0 Å². The number of hydrogen-bond acceptors (Lipinski definition) is 3. The van der Waals surface area contributed by atoms with Crippen molar-refractivity contribution in [1.82, 2.24) is 9.97 Å². The van der Waals surface area contributed by atoms with Crippen molar-refractivity contribution >= 4 is 5.97 Å². The maximum Gasteiger partial charge on any atom is 0.315 e. The van der Waals surface area contributed by atoms with Crippen LogP contribution in [0.4, 0.5) is 8.78 Å². The molecule has 1 aromatic rings. The normalized spacial score (nSPS) is 21.5. The number of rotatable bonds is 2. The van der Waals surface area contributed by atoms with Crippen molar-refractivity contribution in [2.45, 2.75) is 43.9 Å². The predicted octanol–water partition coefficient (Wildman–Crippen LogP) is 2.32. The Morgan fingerprint density at radius 1 is 1.22 bits per heavy atom. The Hall–Kier alpha value is -1.59. The van der Waals surface area contributed by atoms with Gasteiger partial charge in [0.05, 0.1) is 11.4 Å². The van der Waals surface area contributed by atoms with E-state index >= 15 is 0 Å². The highest BCUT2D eigenvalue weighted by Gasteiger charge is 2.50. The molecule has 0 radical (unpaired) electrons. The third-order valence-corrected chi connectivity index (χ3v) is 3.58. The maximum absolute atomic E-state index is 13.2. The number of alkyl halides is 2. The Labute approximate surface area is 103 Å². The molecule has 0 bridgehead atoms. The summed E-state index contributed by atoms with van der Waals surface area (Å²) in [6.45, 7) is 1.65. The van der Waals surface area contributed by atoms with Gasteiger partial charge < -0.3 is 5.11 Å². The lowest BCUT2D eigenvalue weighted by Gasteiger charge is -2.36. The number of carboxylic acids is 1. The highest BCUT2D eigenvalue weighted by Crippen LogP contribution is 2.45. The zero-order valence-corrected chi connectivity index (χ0v) is 9.99. The zero-order valence-electron chi connectivity index (χ0n) is 9.99. The number of hydrogen-bond donors (Lipinski definition) is 1. The predicted molar refractivity (Wildman–Crippen MR) is 59.5 cm³/mol. The number of carboxylic acid groups (broad SMARTS) is 1. The van der Waals surface area contributed by atoms with Crippen LogP contribution in [0.3, 0.4) is 0 Å². The van der Waals surface area contributed by atoms with Crippen molar-refractivity contribution in [1.29, 1.82) is 0 Å². The second-order valence-electron chi connectivity index (χ2n) is 4.73. The van der Waals surface area contributed by atoms with Crippen LogP contribution in [0.2, 0.25) is 0 Å². The average molecular weight is 256 g/mol. The van der Waals surface area contributed by atoms with Gasteiger partial charge in [0.25, 0.3) is 0 Å². The van der Waals surface area contributed by atoms with E-state index in [1.807, 2.05) is 0 Å². The van der Waals surface area contributed by atoms with Gasteiger partial charge in [0.15, 0.2) is 0 Å². The summed E-state index contributed by atoms with van der Waals surface area (Å²) in [5, 5.41) is 9.42. The largest absolute Gasteiger partial charge is 0.481 e. The molecule has 0 saturated heterocycles. The first-order chi connectivity index (χ1) is 8.37.